The van der Waals surface area contributed by atoms with E-state index in [-0.39, 0.29) is 55.9 Å². The minimum atomic E-state index is -0.546. The summed E-state index contributed by atoms with van der Waals surface area (Å²) >= 11 is 0. The lowest BCUT2D eigenvalue weighted by Gasteiger charge is -2.37. The van der Waals surface area contributed by atoms with Gasteiger partial charge >= 0.3 is 6.03 Å². The Morgan fingerprint density at radius 2 is 1.82 bits per heavy atom. The van der Waals surface area contributed by atoms with Gasteiger partial charge in [-0.1, -0.05) is 18.9 Å². The number of rotatable bonds is 7. The van der Waals surface area contributed by atoms with Crippen LogP contribution < -0.4 is 30.2 Å². The van der Waals surface area contributed by atoms with E-state index in [0.29, 0.717) is 30.2 Å². The summed E-state index contributed by atoms with van der Waals surface area (Å²) < 4.78 is 23.0. The highest BCUT2D eigenvalue weighted by molar-refractivity contribution is 5.89. The summed E-state index contributed by atoms with van der Waals surface area (Å²) in [5, 5.41) is 18.9. The third kappa shape index (κ3) is 5.23. The molecular weight excluding hydrogens is 490 g/mol. The monoisotopic (exact) mass is 523 g/mol. The van der Waals surface area contributed by atoms with Gasteiger partial charge in [0.2, 0.25) is 12.7 Å². The topological polar surface area (TPSA) is 127 Å². The molecule has 0 aromatic heterocycles. The third-order valence-corrected chi connectivity index (χ3v) is 7.79. The van der Waals surface area contributed by atoms with Gasteiger partial charge in [-0.3, -0.25) is 4.79 Å². The van der Waals surface area contributed by atoms with E-state index in [1.807, 2.05) is 36.4 Å². The molecule has 0 radical (unpaired) electrons. The molecule has 4 atom stereocenters. The maximum absolute atomic E-state index is 12.8. The molecule has 3 aliphatic heterocycles. The normalized spacial score (nSPS) is 25.3. The number of hydrogen-bond donors (Lipinski definition) is 4. The molecule has 1 saturated carbocycles. The number of carbonyl (C=O) groups is 2. The van der Waals surface area contributed by atoms with E-state index in [1.54, 1.807) is 0 Å². The van der Waals surface area contributed by atoms with Crippen LogP contribution in [-0.4, -0.2) is 54.8 Å². The Labute approximate surface area is 221 Å². The van der Waals surface area contributed by atoms with Gasteiger partial charge < -0.3 is 40.0 Å². The van der Waals surface area contributed by atoms with Crippen LogP contribution in [0.15, 0.2) is 36.4 Å². The van der Waals surface area contributed by atoms with Gasteiger partial charge in [-0.05, 0) is 55.2 Å². The van der Waals surface area contributed by atoms with Crippen molar-refractivity contribution in [3.05, 3.63) is 47.5 Å². The Morgan fingerprint density at radius 1 is 1.00 bits per heavy atom. The van der Waals surface area contributed by atoms with Crippen molar-refractivity contribution in [3.63, 3.8) is 0 Å². The summed E-state index contributed by atoms with van der Waals surface area (Å²) in [4.78, 5) is 25.3. The molecule has 0 bridgehead atoms. The Balaban J connectivity index is 1.08. The molecule has 2 aromatic carbocycles. The zero-order valence-corrected chi connectivity index (χ0v) is 21.1. The van der Waals surface area contributed by atoms with Crippen molar-refractivity contribution < 1.29 is 33.6 Å². The van der Waals surface area contributed by atoms with Crippen LogP contribution in [0, 0.1) is 0 Å². The van der Waals surface area contributed by atoms with Gasteiger partial charge in [0, 0.05) is 29.8 Å². The van der Waals surface area contributed by atoms with Crippen molar-refractivity contribution in [1.82, 2.24) is 10.6 Å². The highest BCUT2D eigenvalue weighted by Crippen LogP contribution is 2.47. The summed E-state index contributed by atoms with van der Waals surface area (Å²) in [5.41, 5.74) is 2.56. The largest absolute Gasteiger partial charge is 0.487 e. The Bertz CT molecular complexity index is 1200. The SMILES string of the molecule is O=C(C[C@@H]1C[C@H]2c3cc(NC(=O)NC4CCCC4)ccc3O[C@H]2[C@@H](CO)O1)NCc1ccc2c(c1)OCO2. The number of amides is 3. The summed E-state index contributed by atoms with van der Waals surface area (Å²) in [6.45, 7) is 0.358. The van der Waals surface area contributed by atoms with E-state index < -0.39 is 6.10 Å². The average Bonchev–Trinajstić information content (AvgIpc) is 3.67. The number of nitrogens with one attached hydrogen (secondary N) is 3. The second kappa shape index (κ2) is 10.7. The predicted molar refractivity (Wildman–Crippen MR) is 137 cm³/mol. The van der Waals surface area contributed by atoms with E-state index in [1.165, 1.54) is 0 Å². The number of benzene rings is 2. The van der Waals surface area contributed by atoms with Gasteiger partial charge in [-0.2, -0.15) is 0 Å². The van der Waals surface area contributed by atoms with Crippen LogP contribution in [0.3, 0.4) is 0 Å². The number of ether oxygens (including phenoxy) is 4. The molecule has 3 heterocycles. The van der Waals surface area contributed by atoms with Gasteiger partial charge in [0.25, 0.3) is 0 Å². The molecule has 0 unspecified atom stereocenters. The lowest BCUT2D eigenvalue weighted by molar-refractivity contribution is -0.142. The third-order valence-electron chi connectivity index (χ3n) is 7.79. The van der Waals surface area contributed by atoms with Gasteiger partial charge in [0.15, 0.2) is 11.5 Å². The molecule has 2 fully saturated rings. The molecule has 38 heavy (non-hydrogen) atoms. The number of aliphatic hydroxyl groups excluding tert-OH is 1. The van der Waals surface area contributed by atoms with Gasteiger partial charge in [0.05, 0.1) is 19.1 Å². The smallest absolute Gasteiger partial charge is 0.319 e. The van der Waals surface area contributed by atoms with Gasteiger partial charge in [0.1, 0.15) is 18.0 Å². The van der Waals surface area contributed by atoms with Crippen LogP contribution in [0.4, 0.5) is 10.5 Å². The fourth-order valence-electron chi connectivity index (χ4n) is 5.92. The van der Waals surface area contributed by atoms with Crippen molar-refractivity contribution in [2.75, 3.05) is 18.7 Å². The van der Waals surface area contributed by atoms with Crippen molar-refractivity contribution in [2.24, 2.45) is 0 Å². The van der Waals surface area contributed by atoms with E-state index in [4.69, 9.17) is 18.9 Å². The first-order valence-corrected chi connectivity index (χ1v) is 13.4. The molecule has 6 rings (SSSR count). The van der Waals surface area contributed by atoms with E-state index >= 15 is 0 Å². The van der Waals surface area contributed by atoms with Crippen molar-refractivity contribution in [1.29, 1.82) is 0 Å². The van der Waals surface area contributed by atoms with Crippen LogP contribution in [0.2, 0.25) is 0 Å². The Morgan fingerprint density at radius 3 is 2.66 bits per heavy atom. The van der Waals surface area contributed by atoms with E-state index in [9.17, 15) is 14.7 Å². The minimum absolute atomic E-state index is 0.0535. The minimum Gasteiger partial charge on any atom is -0.487 e. The number of anilines is 1. The van der Waals surface area contributed by atoms with Crippen LogP contribution in [0.1, 0.15) is 55.6 Å². The van der Waals surface area contributed by atoms with E-state index in [2.05, 4.69) is 16.0 Å². The first-order valence-electron chi connectivity index (χ1n) is 13.4. The fraction of sp³-hybridized carbons (Fsp3) is 0.500. The van der Waals surface area contributed by atoms with Crippen LogP contribution in [0.5, 0.6) is 17.2 Å². The molecule has 4 aliphatic rings. The number of carbonyl (C=O) groups excluding carboxylic acids is 2. The molecule has 1 aliphatic carbocycles. The molecule has 4 N–H and O–H groups in total. The summed E-state index contributed by atoms with van der Waals surface area (Å²) in [6, 6.07) is 11.2. The molecule has 1 saturated heterocycles. The van der Waals surface area contributed by atoms with Crippen molar-refractivity contribution >= 4 is 17.6 Å². The van der Waals surface area contributed by atoms with Gasteiger partial charge in [-0.25, -0.2) is 4.79 Å². The van der Waals surface area contributed by atoms with Gasteiger partial charge in [-0.15, -0.1) is 0 Å². The van der Waals surface area contributed by atoms with Crippen LogP contribution >= 0.6 is 0 Å². The highest BCUT2D eigenvalue weighted by Gasteiger charge is 2.46. The summed E-state index contributed by atoms with van der Waals surface area (Å²) in [5.74, 6) is 1.90. The second-order valence-electron chi connectivity index (χ2n) is 10.4. The Kier molecular flexibility index (Phi) is 6.99. The van der Waals surface area contributed by atoms with Crippen molar-refractivity contribution in [3.8, 4) is 17.2 Å². The van der Waals surface area contributed by atoms with Crippen LogP contribution in [-0.2, 0) is 16.1 Å². The van der Waals surface area contributed by atoms with E-state index in [0.717, 1.165) is 42.6 Å². The predicted octanol–water partition coefficient (Wildman–Crippen LogP) is 3.18. The van der Waals surface area contributed by atoms with Crippen LogP contribution in [0.25, 0.3) is 0 Å². The number of urea groups is 1. The molecule has 10 nitrogen and oxygen atoms in total. The number of aliphatic hydroxyl groups is 1. The summed E-state index contributed by atoms with van der Waals surface area (Å²) in [6.07, 6.45) is 3.81. The molecule has 0 spiro atoms. The molecule has 202 valence electrons. The fourth-order valence-corrected chi connectivity index (χ4v) is 5.92. The average molecular weight is 524 g/mol. The number of hydrogen-bond acceptors (Lipinski definition) is 7. The first kappa shape index (κ1) is 24.8. The standard InChI is InChI=1S/C28H33N3O7/c32-14-25-27-21(20-10-18(6-8-22(20)38-27)31-28(34)30-17-3-1-2-4-17)11-19(37-25)12-26(33)29-13-16-5-7-23-24(9-16)36-15-35-23/h5-10,17,19,21,25,27,32H,1-4,11-15H2,(H,29,33)(H2,30,31,34)/t19-,21-,25+,27+/m0/s1. The summed E-state index contributed by atoms with van der Waals surface area (Å²) in [7, 11) is 0. The molecular formula is C28H33N3O7. The van der Waals surface area contributed by atoms with Crippen molar-refractivity contribution in [2.45, 2.75) is 75.3 Å². The zero-order chi connectivity index (χ0) is 26.1. The highest BCUT2D eigenvalue weighted by atomic mass is 16.7. The quantitative estimate of drug-likeness (QED) is 0.439. The maximum atomic E-state index is 12.8. The first-order chi connectivity index (χ1) is 18.6. The Hall–Kier alpha value is -3.50. The zero-order valence-electron chi connectivity index (χ0n) is 21.1. The maximum Gasteiger partial charge on any atom is 0.319 e. The second-order valence-corrected chi connectivity index (χ2v) is 10.4. The molecule has 3 amide bonds. The number of fused-ring (bicyclic) bond motifs is 4. The lowest BCUT2D eigenvalue weighted by Crippen LogP contribution is -2.47. The molecule has 10 heteroatoms. The molecule has 2 aromatic rings. The lowest BCUT2D eigenvalue weighted by atomic mass is 9.84.